The van der Waals surface area contributed by atoms with Crippen molar-refractivity contribution >= 4 is 41.3 Å². The molecule has 2 heterocycles. The minimum Gasteiger partial charge on any atom is -0.376 e. The van der Waals surface area contributed by atoms with Crippen LogP contribution in [0.3, 0.4) is 0 Å². The maximum Gasteiger partial charge on any atom is 0.191 e. The topological polar surface area (TPSA) is 52.1 Å². The van der Waals surface area contributed by atoms with E-state index in [-0.39, 0.29) is 41.9 Å². The van der Waals surface area contributed by atoms with Crippen molar-refractivity contribution in [3.05, 3.63) is 57.5 Å². The Balaban J connectivity index is 0.00000363. The van der Waals surface area contributed by atoms with Gasteiger partial charge < -0.3 is 20.3 Å². The lowest BCUT2D eigenvalue weighted by Gasteiger charge is -2.37. The van der Waals surface area contributed by atoms with Crippen LogP contribution in [0.15, 0.2) is 40.7 Å². The molecule has 178 valence electrons. The van der Waals surface area contributed by atoms with E-state index in [2.05, 4.69) is 45.0 Å². The molecule has 0 saturated carbocycles. The van der Waals surface area contributed by atoms with Crippen molar-refractivity contribution in [3.63, 3.8) is 0 Å². The number of nitrogens with one attached hydrogen (secondary N) is 2. The van der Waals surface area contributed by atoms with E-state index in [0.717, 1.165) is 37.8 Å². The number of hydrogen-bond acceptors (Lipinski definition) is 5. The molecule has 0 aliphatic carbocycles. The number of morpholine rings is 1. The Morgan fingerprint density at radius 1 is 1.34 bits per heavy atom. The van der Waals surface area contributed by atoms with Crippen molar-refractivity contribution < 1.29 is 9.13 Å². The molecule has 1 fully saturated rings. The van der Waals surface area contributed by atoms with E-state index < -0.39 is 0 Å². The maximum atomic E-state index is 14.0. The Kier molecular flexibility index (Phi) is 11.3. The van der Waals surface area contributed by atoms with Gasteiger partial charge in [0.15, 0.2) is 5.96 Å². The summed E-state index contributed by atoms with van der Waals surface area (Å²) in [4.78, 5) is 10.2. The fraction of sp³-hybridized carbons (Fsp3) is 0.522. The zero-order valence-electron chi connectivity index (χ0n) is 19.3. The monoisotopic (exact) mass is 575 g/mol. The molecule has 0 radical (unpaired) electrons. The molecule has 3 rings (SSSR count). The Labute approximate surface area is 212 Å². The van der Waals surface area contributed by atoms with Gasteiger partial charge in [-0.3, -0.25) is 9.89 Å². The number of nitrogens with zero attached hydrogens (tertiary/aromatic N) is 3. The lowest BCUT2D eigenvalue weighted by Crippen LogP contribution is -2.47. The summed E-state index contributed by atoms with van der Waals surface area (Å²) in [6.45, 7) is 6.63. The van der Waals surface area contributed by atoms with E-state index in [9.17, 15) is 4.39 Å². The van der Waals surface area contributed by atoms with Gasteiger partial charge in [-0.05, 0) is 50.2 Å². The van der Waals surface area contributed by atoms with Crippen LogP contribution in [0.5, 0.6) is 0 Å². The third kappa shape index (κ3) is 7.95. The van der Waals surface area contributed by atoms with Crippen molar-refractivity contribution in [3.8, 4) is 0 Å². The van der Waals surface area contributed by atoms with Crippen molar-refractivity contribution in [2.24, 2.45) is 4.99 Å². The van der Waals surface area contributed by atoms with Gasteiger partial charge in [0, 0.05) is 50.2 Å². The van der Waals surface area contributed by atoms with E-state index >= 15 is 0 Å². The van der Waals surface area contributed by atoms with Gasteiger partial charge in [0.05, 0.1) is 18.8 Å². The second-order valence-electron chi connectivity index (χ2n) is 8.18. The first-order valence-electron chi connectivity index (χ1n) is 10.7. The highest BCUT2D eigenvalue weighted by atomic mass is 127. The van der Waals surface area contributed by atoms with Crippen molar-refractivity contribution in [2.45, 2.75) is 32.2 Å². The van der Waals surface area contributed by atoms with Crippen LogP contribution in [0.4, 0.5) is 4.39 Å². The summed E-state index contributed by atoms with van der Waals surface area (Å²) in [6.07, 6.45) is 0.239. The number of benzene rings is 1. The SMILES string of the molecule is CN=C(NCc1ccc(F)c(CN(C)C)c1)NCC(c1cccs1)N1CCOC(C)C1.I. The summed E-state index contributed by atoms with van der Waals surface area (Å²) in [5.74, 6) is 0.569. The molecular formula is C23H35FIN5OS. The van der Waals surface area contributed by atoms with Gasteiger partial charge >= 0.3 is 0 Å². The summed E-state index contributed by atoms with van der Waals surface area (Å²) in [7, 11) is 5.65. The number of ether oxygens (including phenoxy) is 1. The van der Waals surface area contributed by atoms with Gasteiger partial charge in [-0.25, -0.2) is 4.39 Å². The smallest absolute Gasteiger partial charge is 0.191 e. The van der Waals surface area contributed by atoms with E-state index in [1.165, 1.54) is 4.88 Å². The highest BCUT2D eigenvalue weighted by Crippen LogP contribution is 2.26. The summed E-state index contributed by atoms with van der Waals surface area (Å²) in [5.41, 5.74) is 1.73. The normalized spacial score (nSPS) is 18.3. The zero-order valence-corrected chi connectivity index (χ0v) is 22.5. The maximum absolute atomic E-state index is 14.0. The van der Waals surface area contributed by atoms with Crippen LogP contribution in [0.1, 0.15) is 29.0 Å². The molecule has 2 aromatic rings. The summed E-state index contributed by atoms with van der Waals surface area (Å²) >= 11 is 1.78. The van der Waals surface area contributed by atoms with Gasteiger partial charge in [0.2, 0.25) is 0 Å². The lowest BCUT2D eigenvalue weighted by atomic mass is 10.1. The Hall–Kier alpha value is -1.27. The van der Waals surface area contributed by atoms with Crippen LogP contribution in [-0.4, -0.2) is 69.2 Å². The van der Waals surface area contributed by atoms with Gasteiger partial charge in [0.25, 0.3) is 0 Å². The number of halogens is 2. The third-order valence-corrected chi connectivity index (χ3v) is 6.30. The van der Waals surface area contributed by atoms with Crippen LogP contribution >= 0.6 is 35.3 Å². The Morgan fingerprint density at radius 3 is 2.81 bits per heavy atom. The molecule has 1 aromatic heterocycles. The highest BCUT2D eigenvalue weighted by Gasteiger charge is 2.26. The average molecular weight is 576 g/mol. The minimum absolute atomic E-state index is 0. The molecule has 2 unspecified atom stereocenters. The molecule has 0 spiro atoms. The Bertz CT molecular complexity index is 849. The second-order valence-corrected chi connectivity index (χ2v) is 9.16. The van der Waals surface area contributed by atoms with E-state index in [4.69, 9.17) is 4.74 Å². The molecule has 1 aromatic carbocycles. The van der Waals surface area contributed by atoms with E-state index in [1.807, 2.05) is 31.1 Å². The standard InChI is InChI=1S/C23H34FN5OS.HI/c1-17-15-29(9-10-30-17)21(22-6-5-11-31-22)14-27-23(25-2)26-13-18-7-8-20(24)19(12-18)16-28(3)4;/h5-8,11-12,17,21H,9-10,13-16H2,1-4H3,(H2,25,26,27);1H. The molecule has 1 aliphatic heterocycles. The summed E-state index contributed by atoms with van der Waals surface area (Å²) in [5, 5.41) is 8.96. The zero-order chi connectivity index (χ0) is 22.2. The fourth-order valence-corrected chi connectivity index (χ4v) is 4.68. The molecule has 0 amide bonds. The van der Waals surface area contributed by atoms with E-state index in [0.29, 0.717) is 18.7 Å². The predicted octanol–water partition coefficient (Wildman–Crippen LogP) is 3.69. The van der Waals surface area contributed by atoms with Gasteiger partial charge in [-0.1, -0.05) is 12.1 Å². The van der Waals surface area contributed by atoms with E-state index in [1.54, 1.807) is 24.5 Å². The summed E-state index contributed by atoms with van der Waals surface area (Å²) in [6, 6.07) is 9.83. The molecule has 1 aliphatic rings. The number of guanidine groups is 1. The molecule has 6 nitrogen and oxygen atoms in total. The molecule has 9 heteroatoms. The quantitative estimate of drug-likeness (QED) is 0.286. The molecule has 0 bridgehead atoms. The first-order chi connectivity index (χ1) is 15.0. The van der Waals surface area contributed by atoms with Crippen LogP contribution in [-0.2, 0) is 17.8 Å². The molecule has 32 heavy (non-hydrogen) atoms. The largest absolute Gasteiger partial charge is 0.376 e. The van der Waals surface area contributed by atoms with Crippen molar-refractivity contribution in [2.75, 3.05) is 47.4 Å². The van der Waals surface area contributed by atoms with Crippen LogP contribution in [0, 0.1) is 5.82 Å². The second kappa shape index (κ2) is 13.4. The minimum atomic E-state index is -0.168. The Morgan fingerprint density at radius 2 is 2.16 bits per heavy atom. The lowest BCUT2D eigenvalue weighted by molar-refractivity contribution is -0.0334. The first-order valence-corrected chi connectivity index (χ1v) is 11.6. The van der Waals surface area contributed by atoms with Crippen LogP contribution in [0.2, 0.25) is 0 Å². The van der Waals surface area contributed by atoms with Crippen LogP contribution < -0.4 is 10.6 Å². The van der Waals surface area contributed by atoms with Crippen molar-refractivity contribution in [1.82, 2.24) is 20.4 Å². The average Bonchev–Trinajstić information content (AvgIpc) is 3.27. The number of aliphatic imine (C=N–C) groups is 1. The third-order valence-electron chi connectivity index (χ3n) is 5.33. The molecular weight excluding hydrogens is 540 g/mol. The molecule has 1 saturated heterocycles. The summed E-state index contributed by atoms with van der Waals surface area (Å²) < 4.78 is 19.8. The van der Waals surface area contributed by atoms with Crippen molar-refractivity contribution in [1.29, 1.82) is 0 Å². The first kappa shape index (κ1) is 27.0. The highest BCUT2D eigenvalue weighted by molar-refractivity contribution is 14.0. The van der Waals surface area contributed by atoms with Gasteiger partial charge in [-0.15, -0.1) is 35.3 Å². The molecule has 2 atom stereocenters. The number of rotatable bonds is 8. The number of hydrogen-bond donors (Lipinski definition) is 2. The predicted molar refractivity (Wildman–Crippen MR) is 141 cm³/mol. The van der Waals surface area contributed by atoms with Crippen LogP contribution in [0.25, 0.3) is 0 Å². The van der Waals surface area contributed by atoms with Gasteiger partial charge in [-0.2, -0.15) is 0 Å². The fourth-order valence-electron chi connectivity index (χ4n) is 3.82. The number of thiophene rings is 1. The van der Waals surface area contributed by atoms with Gasteiger partial charge in [0.1, 0.15) is 5.82 Å². The molecule has 2 N–H and O–H groups in total.